The minimum absolute atomic E-state index is 0.305. The van der Waals surface area contributed by atoms with Crippen LogP contribution in [0.15, 0.2) is 0 Å². The molecule has 12 rings (SSSR count). The van der Waals surface area contributed by atoms with Gasteiger partial charge in [0.2, 0.25) is 0 Å². The Balaban J connectivity index is 1.10. The van der Waals surface area contributed by atoms with Crippen LogP contribution in [0.1, 0.15) is 85.0 Å². The van der Waals surface area contributed by atoms with E-state index in [1.165, 1.54) is 55.5 Å². The molecular weight excluding hydrogens is 454 g/mol. The fourth-order valence-corrected chi connectivity index (χ4v) is 124. The molecule has 12 fully saturated rings. The maximum absolute atomic E-state index is 3.26. The number of hydrogen-bond donors (Lipinski definition) is 0. The zero-order valence-corrected chi connectivity index (χ0v) is 23.1. The van der Waals surface area contributed by atoms with Gasteiger partial charge in [-0.15, -0.1) is 0 Å². The first kappa shape index (κ1) is 16.9. The molecule has 10 heterocycles. The van der Waals surface area contributed by atoms with Crippen LogP contribution in [0.5, 0.6) is 0 Å². The van der Waals surface area contributed by atoms with Crippen molar-refractivity contribution in [3.63, 3.8) is 0 Å². The number of fused-ring (bicyclic) bond motifs is 10. The van der Waals surface area contributed by atoms with Gasteiger partial charge in [0.25, 0.3) is 0 Å². The molecule has 10 saturated heterocycles. The van der Waals surface area contributed by atoms with Gasteiger partial charge in [0.05, 0.1) is 0 Å². The van der Waals surface area contributed by atoms with Crippen LogP contribution in [0, 0.1) is 0 Å². The van der Waals surface area contributed by atoms with Gasteiger partial charge in [0.15, 0.2) is 0 Å². The van der Waals surface area contributed by atoms with Gasteiger partial charge in [-0.25, -0.2) is 0 Å². The second-order valence-electron chi connectivity index (χ2n) is 17.2. The van der Waals surface area contributed by atoms with Crippen LogP contribution in [-0.4, -0.2) is 33.4 Å². The molecule has 1 spiro atoms. The van der Waals surface area contributed by atoms with E-state index >= 15 is 0 Å². The summed E-state index contributed by atoms with van der Waals surface area (Å²) in [5, 5.41) is 0. The third kappa shape index (κ3) is 0.365. The SMILES string of the molecule is CC(C)P(C)[C]12[CH]3[CH]4[CH]5[C@@]1(C(C)P(C1CCCCC1)C1CCCCC1)[Fe]43521678[CH]2[CH]1[CH]6[CH]7[CH]28. The second-order valence-corrected chi connectivity index (χ2v) is 46.9. The topological polar surface area (TPSA) is 0 Å². The second kappa shape index (κ2) is 2.38. The summed E-state index contributed by atoms with van der Waals surface area (Å²) in [5.41, 5.74) is 4.71. The van der Waals surface area contributed by atoms with Crippen molar-refractivity contribution in [1.82, 2.24) is 0 Å². The van der Waals surface area contributed by atoms with Crippen LogP contribution in [0.25, 0.3) is 0 Å². The quantitative estimate of drug-likeness (QED) is 0.253. The molecule has 0 amide bonds. The van der Waals surface area contributed by atoms with Crippen molar-refractivity contribution in [2.75, 3.05) is 6.66 Å². The van der Waals surface area contributed by atoms with Crippen LogP contribution in [0.3, 0.4) is 0 Å². The third-order valence-electron chi connectivity index (χ3n) is 21.2. The van der Waals surface area contributed by atoms with Crippen molar-refractivity contribution in [1.29, 1.82) is 0 Å². The summed E-state index contributed by atoms with van der Waals surface area (Å²) in [4.78, 5) is 12.1. The Morgan fingerprint density at radius 2 is 1.16 bits per heavy atom. The third-order valence-corrected chi connectivity index (χ3v) is 76.4. The van der Waals surface area contributed by atoms with E-state index in [-0.39, 0.29) is 0 Å². The van der Waals surface area contributed by atoms with Crippen LogP contribution in [-0.2, 0) is 6.51 Å². The number of hydrogen-bond acceptors (Lipinski definition) is 0. The Kier molecular flexibility index (Phi) is 1.30. The van der Waals surface area contributed by atoms with E-state index in [0.29, 0.717) is 15.8 Å². The van der Waals surface area contributed by atoms with E-state index in [4.69, 9.17) is 0 Å². The summed E-state index contributed by atoms with van der Waals surface area (Å²) in [7, 11) is 0.618. The van der Waals surface area contributed by atoms with Crippen molar-refractivity contribution in [3.8, 4) is 0 Å². The summed E-state index contributed by atoms with van der Waals surface area (Å²) in [5.74, 6) is 0. The molecule has 3 heteroatoms. The van der Waals surface area contributed by atoms with Gasteiger partial charge in [0.1, 0.15) is 0 Å². The molecular formula is C28H44FeP2. The van der Waals surface area contributed by atoms with Crippen molar-refractivity contribution in [2.24, 2.45) is 0 Å². The molecule has 2 saturated carbocycles. The molecule has 2 aliphatic carbocycles. The van der Waals surface area contributed by atoms with Gasteiger partial charge < -0.3 is 0 Å². The monoisotopic (exact) mass is 498 g/mol. The van der Waals surface area contributed by atoms with Gasteiger partial charge in [0, 0.05) is 0 Å². The number of rotatable bonds is 6. The fourth-order valence-electron chi connectivity index (χ4n) is 23.1. The van der Waals surface area contributed by atoms with E-state index in [1.807, 2.05) is 0 Å². The Labute approximate surface area is 183 Å². The molecule has 10 aliphatic heterocycles. The molecule has 174 valence electrons. The molecule has 7 atom stereocenters. The van der Waals surface area contributed by atoms with Crippen LogP contribution >= 0.6 is 15.8 Å². The van der Waals surface area contributed by atoms with Crippen LogP contribution < -0.4 is 0 Å². The van der Waals surface area contributed by atoms with Gasteiger partial charge in [-0.2, -0.15) is 0 Å². The molecule has 6 unspecified atom stereocenters. The normalized spacial score (nSPS) is 82.9. The fraction of sp³-hybridized carbons (Fsp3) is 1.00. The summed E-state index contributed by atoms with van der Waals surface area (Å²) >= 11 is 0. The molecule has 0 aromatic heterocycles. The zero-order valence-electron chi connectivity index (χ0n) is 20.2. The standard InChI is InChI=1S/C23H39P2.C5H5.Fe/c1-18(2)24(4)23-17-11-16-22(23)19(3)25(20-12-7-5-8-13-20)21-14-9-6-10-15-21;1-2-4-5-3-1;/h11,16-21H,5-10,12-15H2,1-4H3;1-5H;. The van der Waals surface area contributed by atoms with E-state index < -0.39 is 6.51 Å². The first-order chi connectivity index (χ1) is 14.8. The molecule has 0 aromatic rings. The van der Waals surface area contributed by atoms with Crippen molar-refractivity contribution < 1.29 is 6.51 Å². The average molecular weight is 498 g/mol. The van der Waals surface area contributed by atoms with Crippen molar-refractivity contribution in [2.45, 2.75) is 155 Å². The van der Waals surface area contributed by atoms with E-state index in [9.17, 15) is 0 Å². The summed E-state index contributed by atoms with van der Waals surface area (Å²) < 4.78 is 2.29. The predicted molar refractivity (Wildman–Crippen MR) is 134 cm³/mol. The molecule has 12 aliphatic rings. The van der Waals surface area contributed by atoms with E-state index in [2.05, 4.69) is 27.4 Å². The first-order valence-electron chi connectivity index (χ1n) is 14.5. The zero-order chi connectivity index (χ0) is 20.5. The Morgan fingerprint density at radius 3 is 1.55 bits per heavy atom. The molecule has 31 heavy (non-hydrogen) atoms. The molecule has 0 bridgehead atoms. The summed E-state index contributed by atoms with van der Waals surface area (Å²) in [6, 6.07) is 0. The molecule has 0 radical (unpaired) electrons. The molecule has 0 N–H and O–H groups in total. The average Bonchev–Trinajstić information content (AvgIpc) is 3.74. The maximum atomic E-state index is 3.03. The first-order valence-corrected chi connectivity index (χ1v) is 24.1. The molecule has 0 aromatic carbocycles. The van der Waals surface area contributed by atoms with Crippen LogP contribution in [0.4, 0.5) is 0 Å². The Bertz CT molecular complexity index is 1290. The predicted octanol–water partition coefficient (Wildman–Crippen LogP) is 9.71. The van der Waals surface area contributed by atoms with Gasteiger partial charge >= 0.3 is 184 Å². The van der Waals surface area contributed by atoms with Gasteiger partial charge in [-0.3, -0.25) is 0 Å². The minimum atomic E-state index is -3.26. The van der Waals surface area contributed by atoms with Gasteiger partial charge in [-0.05, 0) is 0 Å². The Hall–Kier alpha value is 1.38. The van der Waals surface area contributed by atoms with Crippen molar-refractivity contribution >= 4 is 15.8 Å². The van der Waals surface area contributed by atoms with Gasteiger partial charge in [-0.1, -0.05) is 0 Å². The summed E-state index contributed by atoms with van der Waals surface area (Å²) in [6.45, 7) is 8.05. The van der Waals surface area contributed by atoms with E-state index in [0.717, 1.165) is 14.0 Å². The van der Waals surface area contributed by atoms with E-state index in [1.54, 1.807) is 64.2 Å². The van der Waals surface area contributed by atoms with Crippen molar-refractivity contribution in [3.05, 3.63) is 0 Å². The molecule has 0 nitrogen and oxygen atoms in total. The van der Waals surface area contributed by atoms with Crippen LogP contribution in [0.2, 0.25) is 42.8 Å². The summed E-state index contributed by atoms with van der Waals surface area (Å²) in [6.07, 6.45) is 16.1. The Morgan fingerprint density at radius 1 is 0.677 bits per heavy atom.